The SMILES string of the molecule is CCOC(=O)c1cccc(-n2c(C)cc(C=Nc3cc(C(=O)OC)ccc3C)c2C)c1. The van der Waals surface area contributed by atoms with Crippen LogP contribution in [0.2, 0.25) is 0 Å². The lowest BCUT2D eigenvalue weighted by Gasteiger charge is -2.11. The smallest absolute Gasteiger partial charge is 0.338 e. The molecule has 0 fully saturated rings. The number of carbonyl (C=O) groups excluding carboxylic acids is 2. The zero-order valence-corrected chi connectivity index (χ0v) is 18.4. The summed E-state index contributed by atoms with van der Waals surface area (Å²) in [5.74, 6) is -0.731. The quantitative estimate of drug-likeness (QED) is 0.412. The largest absolute Gasteiger partial charge is 0.465 e. The lowest BCUT2D eigenvalue weighted by Crippen LogP contribution is -2.06. The number of rotatable bonds is 6. The summed E-state index contributed by atoms with van der Waals surface area (Å²) in [4.78, 5) is 28.5. The topological polar surface area (TPSA) is 69.9 Å². The van der Waals surface area contributed by atoms with Gasteiger partial charge in [0, 0.05) is 28.9 Å². The van der Waals surface area contributed by atoms with Gasteiger partial charge in [-0.05, 0) is 69.7 Å². The average molecular weight is 418 g/mol. The Balaban J connectivity index is 1.95. The number of esters is 2. The number of methoxy groups -OCH3 is 1. The maximum atomic E-state index is 12.1. The Morgan fingerprint density at radius 1 is 1.00 bits per heavy atom. The van der Waals surface area contributed by atoms with E-state index in [2.05, 4.69) is 9.56 Å². The summed E-state index contributed by atoms with van der Waals surface area (Å²) < 4.78 is 12.0. The van der Waals surface area contributed by atoms with Crippen LogP contribution in [0.15, 0.2) is 53.5 Å². The molecule has 6 nitrogen and oxygen atoms in total. The first kappa shape index (κ1) is 22.0. The molecule has 0 amide bonds. The normalized spacial score (nSPS) is 11.0. The van der Waals surface area contributed by atoms with E-state index in [1.54, 1.807) is 31.3 Å². The molecule has 1 aromatic heterocycles. The summed E-state index contributed by atoms with van der Waals surface area (Å²) in [5, 5.41) is 0. The Hall–Kier alpha value is -3.67. The number of hydrogen-bond donors (Lipinski definition) is 0. The molecule has 0 aliphatic carbocycles. The molecule has 0 unspecified atom stereocenters. The van der Waals surface area contributed by atoms with Crippen LogP contribution >= 0.6 is 0 Å². The van der Waals surface area contributed by atoms with E-state index in [-0.39, 0.29) is 5.97 Å². The Bertz CT molecular complexity index is 1160. The third-order valence-electron chi connectivity index (χ3n) is 5.06. The van der Waals surface area contributed by atoms with E-state index in [4.69, 9.17) is 9.47 Å². The van der Waals surface area contributed by atoms with E-state index in [1.807, 2.05) is 51.1 Å². The predicted octanol–water partition coefficient (Wildman–Crippen LogP) is 5.12. The molecule has 0 bridgehead atoms. The summed E-state index contributed by atoms with van der Waals surface area (Å²) in [7, 11) is 1.36. The molecule has 0 N–H and O–H groups in total. The van der Waals surface area contributed by atoms with E-state index in [9.17, 15) is 9.59 Å². The molecular weight excluding hydrogens is 392 g/mol. The minimum absolute atomic E-state index is 0.335. The second-order valence-electron chi connectivity index (χ2n) is 7.18. The Labute approximate surface area is 182 Å². The third kappa shape index (κ3) is 4.74. The standard InChI is InChI=1S/C25H26N2O4/c1-6-31-25(29)19-8-7-9-22(13-19)27-17(3)12-21(18(27)4)15-26-23-14-20(24(28)30-5)11-10-16(23)2/h7-15H,6H2,1-5H3. The van der Waals surface area contributed by atoms with Crippen LogP contribution in [0.1, 0.15) is 50.2 Å². The highest BCUT2D eigenvalue weighted by atomic mass is 16.5. The molecule has 6 heteroatoms. The summed E-state index contributed by atoms with van der Waals surface area (Å²) in [6.07, 6.45) is 1.79. The van der Waals surface area contributed by atoms with Gasteiger partial charge in [0.2, 0.25) is 0 Å². The van der Waals surface area contributed by atoms with Crippen LogP contribution in [-0.4, -0.2) is 36.4 Å². The van der Waals surface area contributed by atoms with Crippen LogP contribution in [0, 0.1) is 20.8 Å². The maximum absolute atomic E-state index is 12.1. The van der Waals surface area contributed by atoms with Crippen LogP contribution in [0.5, 0.6) is 0 Å². The van der Waals surface area contributed by atoms with Crippen LogP contribution < -0.4 is 0 Å². The number of hydrogen-bond acceptors (Lipinski definition) is 5. The van der Waals surface area contributed by atoms with Crippen molar-refractivity contribution < 1.29 is 19.1 Å². The van der Waals surface area contributed by atoms with Gasteiger partial charge in [0.1, 0.15) is 0 Å². The molecule has 0 radical (unpaired) electrons. The van der Waals surface area contributed by atoms with Crippen molar-refractivity contribution in [2.45, 2.75) is 27.7 Å². The van der Waals surface area contributed by atoms with Crippen LogP contribution in [0.3, 0.4) is 0 Å². The zero-order valence-electron chi connectivity index (χ0n) is 18.4. The van der Waals surface area contributed by atoms with Gasteiger partial charge in [0.05, 0.1) is 30.5 Å². The first-order valence-electron chi connectivity index (χ1n) is 10.0. The van der Waals surface area contributed by atoms with Crippen molar-refractivity contribution in [3.63, 3.8) is 0 Å². The highest BCUT2D eigenvalue weighted by Gasteiger charge is 2.13. The van der Waals surface area contributed by atoms with Gasteiger partial charge in [0.25, 0.3) is 0 Å². The number of nitrogens with zero attached hydrogens (tertiary/aromatic N) is 2. The van der Waals surface area contributed by atoms with Crippen LogP contribution in [0.25, 0.3) is 5.69 Å². The van der Waals surface area contributed by atoms with Gasteiger partial charge < -0.3 is 14.0 Å². The molecule has 0 aliphatic heterocycles. The summed E-state index contributed by atoms with van der Waals surface area (Å²) in [5.41, 5.74) is 6.46. The molecule has 3 aromatic rings. The van der Waals surface area contributed by atoms with Crippen molar-refractivity contribution in [1.82, 2.24) is 4.57 Å². The fourth-order valence-electron chi connectivity index (χ4n) is 3.43. The first-order chi connectivity index (χ1) is 14.8. The van der Waals surface area contributed by atoms with Gasteiger partial charge in [-0.2, -0.15) is 0 Å². The fraction of sp³-hybridized carbons (Fsp3) is 0.240. The second kappa shape index (κ2) is 9.43. The zero-order chi connectivity index (χ0) is 22.5. The highest BCUT2D eigenvalue weighted by Crippen LogP contribution is 2.24. The number of ether oxygens (including phenoxy) is 2. The summed E-state index contributed by atoms with van der Waals surface area (Å²) >= 11 is 0. The van der Waals surface area contributed by atoms with Gasteiger partial charge in [-0.3, -0.25) is 4.99 Å². The molecule has 3 rings (SSSR count). The Kier molecular flexibility index (Phi) is 6.70. The van der Waals surface area contributed by atoms with Crippen molar-refractivity contribution in [2.75, 3.05) is 13.7 Å². The van der Waals surface area contributed by atoms with Gasteiger partial charge >= 0.3 is 11.9 Å². The van der Waals surface area contributed by atoms with E-state index < -0.39 is 5.97 Å². The molecule has 0 spiro atoms. The molecule has 0 aliphatic rings. The number of carbonyl (C=O) groups is 2. The monoisotopic (exact) mass is 418 g/mol. The average Bonchev–Trinajstić information content (AvgIpc) is 3.05. The number of benzene rings is 2. The van der Waals surface area contributed by atoms with Crippen molar-refractivity contribution in [3.05, 3.63) is 82.2 Å². The number of aromatic nitrogens is 1. The molecule has 2 aromatic carbocycles. The summed E-state index contributed by atoms with van der Waals surface area (Å²) in [6.45, 7) is 8.07. The summed E-state index contributed by atoms with van der Waals surface area (Å²) in [6, 6.07) is 14.7. The first-order valence-corrected chi connectivity index (χ1v) is 10.0. The van der Waals surface area contributed by atoms with Gasteiger partial charge in [-0.1, -0.05) is 12.1 Å². The second-order valence-corrected chi connectivity index (χ2v) is 7.18. The minimum atomic E-state index is -0.392. The molecule has 0 atom stereocenters. The molecule has 0 saturated carbocycles. The third-order valence-corrected chi connectivity index (χ3v) is 5.06. The maximum Gasteiger partial charge on any atom is 0.338 e. The lowest BCUT2D eigenvalue weighted by atomic mass is 10.1. The molecule has 31 heavy (non-hydrogen) atoms. The van der Waals surface area contributed by atoms with E-state index in [0.29, 0.717) is 23.4 Å². The van der Waals surface area contributed by atoms with E-state index in [1.165, 1.54) is 7.11 Å². The van der Waals surface area contributed by atoms with Gasteiger partial charge in [0.15, 0.2) is 0 Å². The van der Waals surface area contributed by atoms with Crippen LogP contribution in [-0.2, 0) is 9.47 Å². The minimum Gasteiger partial charge on any atom is -0.465 e. The van der Waals surface area contributed by atoms with Crippen molar-refractivity contribution in [1.29, 1.82) is 0 Å². The molecular formula is C25H26N2O4. The lowest BCUT2D eigenvalue weighted by molar-refractivity contribution is 0.0525. The van der Waals surface area contributed by atoms with Crippen LogP contribution in [0.4, 0.5) is 5.69 Å². The molecule has 1 heterocycles. The number of aryl methyl sites for hydroxylation is 2. The number of aliphatic imine (C=N–C) groups is 1. The predicted molar refractivity (Wildman–Crippen MR) is 121 cm³/mol. The van der Waals surface area contributed by atoms with Crippen molar-refractivity contribution in [2.24, 2.45) is 4.99 Å². The highest BCUT2D eigenvalue weighted by molar-refractivity contribution is 5.92. The molecule has 160 valence electrons. The van der Waals surface area contributed by atoms with Crippen molar-refractivity contribution in [3.8, 4) is 5.69 Å². The van der Waals surface area contributed by atoms with E-state index >= 15 is 0 Å². The van der Waals surface area contributed by atoms with Gasteiger partial charge in [-0.25, -0.2) is 9.59 Å². The van der Waals surface area contributed by atoms with Crippen molar-refractivity contribution >= 4 is 23.8 Å². The van der Waals surface area contributed by atoms with E-state index in [0.717, 1.165) is 28.2 Å². The van der Waals surface area contributed by atoms with Gasteiger partial charge in [-0.15, -0.1) is 0 Å². The fourth-order valence-corrected chi connectivity index (χ4v) is 3.43. The Morgan fingerprint density at radius 3 is 2.45 bits per heavy atom. The Morgan fingerprint density at radius 2 is 1.74 bits per heavy atom. The molecule has 0 saturated heterocycles.